The molecule has 10 heteroatoms. The Morgan fingerprint density at radius 2 is 2.03 bits per heavy atom. The summed E-state index contributed by atoms with van der Waals surface area (Å²) in [5, 5.41) is 11.7. The van der Waals surface area contributed by atoms with Crippen LogP contribution in [0, 0.1) is 0 Å². The van der Waals surface area contributed by atoms with Gasteiger partial charge in [-0.1, -0.05) is 13.8 Å². The number of aryl methyl sites for hydroxylation is 1. The van der Waals surface area contributed by atoms with Gasteiger partial charge in [-0.2, -0.15) is 0 Å². The highest BCUT2D eigenvalue weighted by Crippen LogP contribution is 2.16. The fourth-order valence-electron chi connectivity index (χ4n) is 3.68. The summed E-state index contributed by atoms with van der Waals surface area (Å²) in [6, 6.07) is 0.349. The minimum atomic E-state index is -0.232. The van der Waals surface area contributed by atoms with E-state index < -0.39 is 0 Å². The van der Waals surface area contributed by atoms with Crippen molar-refractivity contribution in [3.63, 3.8) is 0 Å². The second kappa shape index (κ2) is 12.4. The van der Waals surface area contributed by atoms with Crippen LogP contribution in [0.15, 0.2) is 11.3 Å². The minimum Gasteiger partial charge on any atom is -0.368 e. The lowest BCUT2D eigenvalue weighted by atomic mass is 10.2. The van der Waals surface area contributed by atoms with E-state index in [0.717, 1.165) is 57.1 Å². The number of guanidine groups is 1. The van der Waals surface area contributed by atoms with Gasteiger partial charge in [-0.15, -0.1) is 34.2 Å². The van der Waals surface area contributed by atoms with Crippen LogP contribution in [0.3, 0.4) is 0 Å². The molecular weight excluding hydrogens is 497 g/mol. The second-order valence-electron chi connectivity index (χ2n) is 7.77. The van der Waals surface area contributed by atoms with Crippen LogP contribution in [-0.2, 0) is 22.5 Å². The molecule has 0 aliphatic carbocycles. The van der Waals surface area contributed by atoms with Crippen LogP contribution in [0.5, 0.6) is 0 Å². The van der Waals surface area contributed by atoms with Crippen molar-refractivity contribution in [1.29, 1.82) is 0 Å². The van der Waals surface area contributed by atoms with E-state index >= 15 is 0 Å². The molecule has 0 spiro atoms. The second-order valence-corrected chi connectivity index (χ2v) is 7.77. The summed E-state index contributed by atoms with van der Waals surface area (Å²) in [5.74, 6) is 2.06. The van der Waals surface area contributed by atoms with E-state index in [0.29, 0.717) is 32.3 Å². The molecule has 1 N–H and O–H groups in total. The van der Waals surface area contributed by atoms with Gasteiger partial charge in [0.2, 0.25) is 0 Å². The van der Waals surface area contributed by atoms with Crippen molar-refractivity contribution in [2.75, 3.05) is 39.3 Å². The highest BCUT2D eigenvalue weighted by Gasteiger charge is 2.31. The largest absolute Gasteiger partial charge is 0.368 e. The molecule has 9 nitrogen and oxygen atoms in total. The van der Waals surface area contributed by atoms with Crippen molar-refractivity contribution in [1.82, 2.24) is 29.9 Å². The number of aliphatic imine (C=N–C) groups is 1. The molecule has 0 aromatic carbocycles. The number of amides is 1. The molecule has 2 fully saturated rings. The Morgan fingerprint density at radius 3 is 2.67 bits per heavy atom. The highest BCUT2D eigenvalue weighted by molar-refractivity contribution is 14.0. The lowest BCUT2D eigenvalue weighted by Crippen LogP contribution is -2.56. The maximum atomic E-state index is 12.6. The number of rotatable bonds is 7. The van der Waals surface area contributed by atoms with Gasteiger partial charge >= 0.3 is 0 Å². The highest BCUT2D eigenvalue weighted by atomic mass is 127. The average Bonchev–Trinajstić information content (AvgIpc) is 3.44. The van der Waals surface area contributed by atoms with Crippen LogP contribution in [0.2, 0.25) is 0 Å². The number of ether oxygens (including phenoxy) is 1. The van der Waals surface area contributed by atoms with Crippen LogP contribution in [0.1, 0.15) is 45.9 Å². The number of hydrogen-bond acceptors (Lipinski definition) is 5. The number of carbonyl (C=O) groups is 1. The van der Waals surface area contributed by atoms with E-state index in [4.69, 9.17) is 9.73 Å². The number of carbonyl (C=O) groups excluding carboxylic acids is 1. The van der Waals surface area contributed by atoms with Crippen molar-refractivity contribution in [2.24, 2.45) is 4.99 Å². The zero-order valence-electron chi connectivity index (χ0n) is 18.4. The van der Waals surface area contributed by atoms with Crippen LogP contribution < -0.4 is 5.32 Å². The molecular formula is C20H36IN7O2. The Morgan fingerprint density at radius 1 is 1.30 bits per heavy atom. The molecule has 1 aromatic rings. The van der Waals surface area contributed by atoms with Gasteiger partial charge in [0.15, 0.2) is 5.96 Å². The van der Waals surface area contributed by atoms with Gasteiger partial charge in [0.25, 0.3) is 5.91 Å². The third kappa shape index (κ3) is 6.53. The van der Waals surface area contributed by atoms with E-state index in [2.05, 4.69) is 45.8 Å². The molecule has 30 heavy (non-hydrogen) atoms. The first-order chi connectivity index (χ1) is 14.1. The summed E-state index contributed by atoms with van der Waals surface area (Å²) >= 11 is 0. The number of piperazine rings is 1. The standard InChI is InChI=1S/C20H35N7O2.HI/c1-4-16(3)23-20(21-8-9-27-15-22-24-18(27)5-2)26-12-10-25(11-13-26)19(28)17-7-6-14-29-17;/h15-17H,4-14H2,1-3H3,(H,21,23);1H. The predicted octanol–water partition coefficient (Wildman–Crippen LogP) is 1.53. The average molecular weight is 533 g/mol. The molecule has 3 heterocycles. The molecule has 2 atom stereocenters. The normalized spacial score (nSPS) is 20.8. The summed E-state index contributed by atoms with van der Waals surface area (Å²) < 4.78 is 7.62. The van der Waals surface area contributed by atoms with Gasteiger partial charge in [-0.25, -0.2) is 0 Å². The van der Waals surface area contributed by atoms with E-state index in [1.807, 2.05) is 4.90 Å². The van der Waals surface area contributed by atoms with Gasteiger partial charge in [0.05, 0.1) is 6.54 Å². The van der Waals surface area contributed by atoms with Crippen LogP contribution in [0.25, 0.3) is 0 Å². The van der Waals surface area contributed by atoms with Gasteiger partial charge in [0.1, 0.15) is 18.3 Å². The van der Waals surface area contributed by atoms with Crippen LogP contribution in [0.4, 0.5) is 0 Å². The zero-order valence-corrected chi connectivity index (χ0v) is 20.7. The molecule has 0 radical (unpaired) electrons. The summed E-state index contributed by atoms with van der Waals surface area (Å²) in [7, 11) is 0. The molecule has 1 amide bonds. The maximum Gasteiger partial charge on any atom is 0.251 e. The number of nitrogens with one attached hydrogen (secondary N) is 1. The SMILES string of the molecule is CCc1nncn1CCN=C(NC(C)CC)N1CCN(C(=O)C2CCCO2)CC1.I. The van der Waals surface area contributed by atoms with Crippen LogP contribution in [-0.4, -0.2) is 87.9 Å². The smallest absolute Gasteiger partial charge is 0.251 e. The predicted molar refractivity (Wildman–Crippen MR) is 127 cm³/mol. The Kier molecular flexibility index (Phi) is 10.3. The first-order valence-electron chi connectivity index (χ1n) is 10.9. The lowest BCUT2D eigenvalue weighted by molar-refractivity contribution is -0.142. The molecule has 2 saturated heterocycles. The molecule has 3 rings (SSSR count). The quantitative estimate of drug-likeness (QED) is 0.325. The Bertz CT molecular complexity index is 682. The van der Waals surface area contributed by atoms with E-state index in [1.54, 1.807) is 6.33 Å². The monoisotopic (exact) mass is 533 g/mol. The number of aromatic nitrogens is 3. The minimum absolute atomic E-state index is 0. The molecule has 2 unspecified atom stereocenters. The summed E-state index contributed by atoms with van der Waals surface area (Å²) in [6.45, 7) is 11.5. The first kappa shape index (κ1) is 24.8. The Hall–Kier alpha value is -1.43. The third-order valence-corrected chi connectivity index (χ3v) is 5.70. The van der Waals surface area contributed by atoms with Crippen molar-refractivity contribution >= 4 is 35.8 Å². The van der Waals surface area contributed by atoms with Gasteiger partial charge in [0, 0.05) is 51.8 Å². The van der Waals surface area contributed by atoms with E-state index in [9.17, 15) is 4.79 Å². The fourth-order valence-corrected chi connectivity index (χ4v) is 3.68. The third-order valence-electron chi connectivity index (χ3n) is 5.70. The summed E-state index contributed by atoms with van der Waals surface area (Å²) in [4.78, 5) is 21.7. The molecule has 170 valence electrons. The fraction of sp³-hybridized carbons (Fsp3) is 0.800. The Balaban J connectivity index is 0.00000320. The maximum absolute atomic E-state index is 12.6. The van der Waals surface area contributed by atoms with Gasteiger partial charge < -0.3 is 24.4 Å². The topological polar surface area (TPSA) is 87.9 Å². The van der Waals surface area contributed by atoms with Gasteiger partial charge in [-0.05, 0) is 26.2 Å². The molecule has 2 aliphatic rings. The van der Waals surface area contributed by atoms with Crippen LogP contribution >= 0.6 is 24.0 Å². The van der Waals surface area contributed by atoms with Crippen molar-refractivity contribution < 1.29 is 9.53 Å². The van der Waals surface area contributed by atoms with Gasteiger partial charge in [-0.3, -0.25) is 9.79 Å². The number of halogens is 1. The lowest BCUT2D eigenvalue weighted by Gasteiger charge is -2.38. The number of hydrogen-bond donors (Lipinski definition) is 1. The van der Waals surface area contributed by atoms with E-state index in [1.165, 1.54) is 0 Å². The number of nitrogens with zero attached hydrogens (tertiary/aromatic N) is 6. The summed E-state index contributed by atoms with van der Waals surface area (Å²) in [5.41, 5.74) is 0. The Labute approximate surface area is 196 Å². The van der Waals surface area contributed by atoms with Crippen molar-refractivity contribution in [3.05, 3.63) is 12.2 Å². The van der Waals surface area contributed by atoms with E-state index in [-0.39, 0.29) is 36.0 Å². The van der Waals surface area contributed by atoms with Crippen molar-refractivity contribution in [3.8, 4) is 0 Å². The molecule has 0 bridgehead atoms. The summed E-state index contributed by atoms with van der Waals surface area (Å²) in [6.07, 6.45) is 5.27. The molecule has 1 aromatic heterocycles. The molecule has 2 aliphatic heterocycles. The first-order valence-corrected chi connectivity index (χ1v) is 10.9. The molecule has 0 saturated carbocycles. The zero-order chi connectivity index (χ0) is 20.6. The van der Waals surface area contributed by atoms with Crippen molar-refractivity contribution in [2.45, 2.75) is 65.1 Å².